The van der Waals surface area contributed by atoms with Gasteiger partial charge in [-0.15, -0.1) is 0 Å². The second kappa shape index (κ2) is 9.28. The molecule has 5 N–H and O–H groups in total. The van der Waals surface area contributed by atoms with Crippen LogP contribution in [0.5, 0.6) is 17.2 Å². The van der Waals surface area contributed by atoms with Crippen molar-refractivity contribution >= 4 is 12.2 Å². The molecule has 156 valence electrons. The Hall–Kier alpha value is -2.58. The average Bonchev–Trinajstić information content (AvgIpc) is 2.72. The average molecular weight is 402 g/mol. The fourth-order valence-corrected chi connectivity index (χ4v) is 3.43. The number of phenols is 1. The summed E-state index contributed by atoms with van der Waals surface area (Å²) in [5.74, 6) is 0.449. The lowest BCUT2D eigenvalue weighted by atomic mass is 9.81. The van der Waals surface area contributed by atoms with E-state index >= 15 is 0 Å². The van der Waals surface area contributed by atoms with Crippen LogP contribution in [-0.4, -0.2) is 63.7 Å². The molecule has 0 amide bonds. The first-order chi connectivity index (χ1) is 13.9. The van der Waals surface area contributed by atoms with Crippen molar-refractivity contribution in [1.29, 1.82) is 0 Å². The highest BCUT2D eigenvalue weighted by Gasteiger charge is 2.43. The van der Waals surface area contributed by atoms with Gasteiger partial charge in [-0.2, -0.15) is 0 Å². The van der Waals surface area contributed by atoms with Crippen molar-refractivity contribution in [2.45, 2.75) is 30.8 Å². The number of ether oxygens (including phenoxy) is 2. The summed E-state index contributed by atoms with van der Waals surface area (Å²) in [6.07, 6.45) is -0.933. The highest BCUT2D eigenvalue weighted by atomic mass is 16.5. The molecule has 0 aliphatic heterocycles. The summed E-state index contributed by atoms with van der Waals surface area (Å²) in [7, 11) is 1.60. The molecule has 1 saturated carbocycles. The van der Waals surface area contributed by atoms with E-state index in [-0.39, 0.29) is 18.8 Å². The molecule has 0 bridgehead atoms. The minimum atomic E-state index is -1.42. The second-order valence-corrected chi connectivity index (χ2v) is 7.17. The molecule has 0 saturated heterocycles. The van der Waals surface area contributed by atoms with Crippen LogP contribution in [-0.2, 0) is 0 Å². The molecule has 1 fully saturated rings. The zero-order valence-corrected chi connectivity index (χ0v) is 16.0. The third-order valence-corrected chi connectivity index (χ3v) is 5.12. The molecule has 29 heavy (non-hydrogen) atoms. The highest BCUT2D eigenvalue weighted by molar-refractivity contribution is 5.71. The lowest BCUT2D eigenvalue weighted by molar-refractivity contribution is -0.156. The van der Waals surface area contributed by atoms with Crippen molar-refractivity contribution in [3.05, 3.63) is 53.6 Å². The van der Waals surface area contributed by atoms with E-state index < -0.39 is 30.3 Å². The van der Waals surface area contributed by atoms with Crippen LogP contribution in [0.4, 0.5) is 0 Å². The minimum absolute atomic E-state index is 0.0125. The Morgan fingerprint density at radius 1 is 0.897 bits per heavy atom. The Bertz CT molecular complexity index is 832. The SMILES string of the molecule is COc1ccc(/C=C/c2cc(O)cc(O[C@@H]3C[C@H](CO)[C@@H](O)[C@H](O)[C@H]3O)c2)cc1. The van der Waals surface area contributed by atoms with Crippen LogP contribution in [0.25, 0.3) is 12.2 Å². The first-order valence-electron chi connectivity index (χ1n) is 9.39. The van der Waals surface area contributed by atoms with Gasteiger partial charge >= 0.3 is 0 Å². The molecule has 7 nitrogen and oxygen atoms in total. The van der Waals surface area contributed by atoms with Gasteiger partial charge in [0, 0.05) is 18.6 Å². The Kier molecular flexibility index (Phi) is 6.76. The van der Waals surface area contributed by atoms with E-state index in [2.05, 4.69) is 0 Å². The van der Waals surface area contributed by atoms with E-state index in [9.17, 15) is 25.5 Å². The molecule has 2 aromatic rings. The number of phenolic OH excluding ortho intramolecular Hbond substituents is 1. The largest absolute Gasteiger partial charge is 0.508 e. The molecule has 0 spiro atoms. The topological polar surface area (TPSA) is 120 Å². The number of methoxy groups -OCH3 is 1. The maximum Gasteiger partial charge on any atom is 0.128 e. The fraction of sp³-hybridized carbons (Fsp3) is 0.364. The summed E-state index contributed by atoms with van der Waals surface area (Å²) < 4.78 is 10.9. The lowest BCUT2D eigenvalue weighted by Crippen LogP contribution is -2.56. The smallest absolute Gasteiger partial charge is 0.128 e. The van der Waals surface area contributed by atoms with E-state index in [0.29, 0.717) is 11.3 Å². The standard InChI is InChI=1S/C22H26O7/c1-28-17-6-4-13(5-7-17)2-3-14-8-16(24)11-18(9-14)29-19-10-15(12-23)20(25)22(27)21(19)26/h2-9,11,15,19-27H,10,12H2,1H3/b3-2+/t15-,19-,20-,21+,22+/m1/s1. The fourth-order valence-electron chi connectivity index (χ4n) is 3.43. The van der Waals surface area contributed by atoms with Gasteiger partial charge in [-0.1, -0.05) is 24.3 Å². The Morgan fingerprint density at radius 3 is 2.24 bits per heavy atom. The van der Waals surface area contributed by atoms with Gasteiger partial charge in [0.25, 0.3) is 0 Å². The quantitative estimate of drug-likeness (QED) is 0.464. The van der Waals surface area contributed by atoms with Gasteiger partial charge in [0.05, 0.1) is 13.2 Å². The molecule has 1 aliphatic rings. The first kappa shape index (κ1) is 21.1. The van der Waals surface area contributed by atoms with Gasteiger partial charge in [0.15, 0.2) is 0 Å². The predicted molar refractivity (Wildman–Crippen MR) is 108 cm³/mol. The zero-order chi connectivity index (χ0) is 21.0. The molecule has 1 aliphatic carbocycles. The van der Waals surface area contributed by atoms with Gasteiger partial charge in [-0.25, -0.2) is 0 Å². The highest BCUT2D eigenvalue weighted by Crippen LogP contribution is 2.31. The number of aliphatic hydroxyl groups excluding tert-OH is 4. The van der Waals surface area contributed by atoms with Gasteiger partial charge in [0.2, 0.25) is 0 Å². The molecule has 7 heteroatoms. The molecule has 3 rings (SSSR count). The van der Waals surface area contributed by atoms with Crippen molar-refractivity contribution in [1.82, 2.24) is 0 Å². The predicted octanol–water partition coefficient (Wildman–Crippen LogP) is 1.41. The summed E-state index contributed by atoms with van der Waals surface area (Å²) in [5.41, 5.74) is 1.63. The summed E-state index contributed by atoms with van der Waals surface area (Å²) in [6, 6.07) is 12.2. The molecular weight excluding hydrogens is 376 g/mol. The molecular formula is C22H26O7. The van der Waals surface area contributed by atoms with E-state index in [4.69, 9.17) is 9.47 Å². The monoisotopic (exact) mass is 402 g/mol. The molecule has 0 unspecified atom stereocenters. The molecule has 0 aromatic heterocycles. The lowest BCUT2D eigenvalue weighted by Gasteiger charge is -2.39. The van der Waals surface area contributed by atoms with E-state index in [1.807, 2.05) is 30.3 Å². The van der Waals surface area contributed by atoms with Crippen LogP contribution in [0.2, 0.25) is 0 Å². The molecule has 2 aromatic carbocycles. The molecule has 0 heterocycles. The van der Waals surface area contributed by atoms with Crippen molar-refractivity contribution in [2.24, 2.45) is 5.92 Å². The van der Waals surface area contributed by atoms with E-state index in [0.717, 1.165) is 11.3 Å². The van der Waals surface area contributed by atoms with Crippen LogP contribution in [0.3, 0.4) is 0 Å². The number of rotatable bonds is 6. The first-order valence-corrected chi connectivity index (χ1v) is 9.39. The van der Waals surface area contributed by atoms with Gasteiger partial charge < -0.3 is 35.0 Å². The van der Waals surface area contributed by atoms with Crippen LogP contribution in [0.15, 0.2) is 42.5 Å². The summed E-state index contributed by atoms with van der Waals surface area (Å²) >= 11 is 0. The third-order valence-electron chi connectivity index (χ3n) is 5.12. The number of aromatic hydroxyl groups is 1. The number of hydrogen-bond donors (Lipinski definition) is 5. The van der Waals surface area contributed by atoms with Crippen LogP contribution in [0.1, 0.15) is 17.5 Å². The van der Waals surface area contributed by atoms with Gasteiger partial charge in [-0.3, -0.25) is 0 Å². The van der Waals surface area contributed by atoms with Crippen molar-refractivity contribution in [3.8, 4) is 17.2 Å². The summed E-state index contributed by atoms with van der Waals surface area (Å²) in [5, 5.41) is 49.5. The van der Waals surface area contributed by atoms with E-state index in [1.165, 1.54) is 6.07 Å². The molecule has 5 atom stereocenters. The molecule has 0 radical (unpaired) electrons. The Labute approximate surface area is 169 Å². The summed E-state index contributed by atoms with van der Waals surface area (Å²) in [4.78, 5) is 0. The number of benzene rings is 2. The minimum Gasteiger partial charge on any atom is -0.508 e. The zero-order valence-electron chi connectivity index (χ0n) is 16.0. The van der Waals surface area contributed by atoms with Gasteiger partial charge in [0.1, 0.15) is 35.6 Å². The van der Waals surface area contributed by atoms with Gasteiger partial charge in [-0.05, 0) is 41.8 Å². The maximum absolute atomic E-state index is 10.2. The van der Waals surface area contributed by atoms with Crippen LogP contribution >= 0.6 is 0 Å². The third kappa shape index (κ3) is 5.07. The second-order valence-electron chi connectivity index (χ2n) is 7.17. The Morgan fingerprint density at radius 2 is 1.59 bits per heavy atom. The van der Waals surface area contributed by atoms with Crippen molar-refractivity contribution < 1.29 is 35.0 Å². The van der Waals surface area contributed by atoms with Crippen LogP contribution < -0.4 is 9.47 Å². The van der Waals surface area contributed by atoms with Crippen molar-refractivity contribution in [2.75, 3.05) is 13.7 Å². The number of hydrogen-bond acceptors (Lipinski definition) is 7. The maximum atomic E-state index is 10.2. The summed E-state index contributed by atoms with van der Waals surface area (Å²) in [6.45, 7) is -0.333. The van der Waals surface area contributed by atoms with E-state index in [1.54, 1.807) is 25.3 Å². The van der Waals surface area contributed by atoms with Crippen LogP contribution in [0, 0.1) is 5.92 Å². The number of aliphatic hydroxyl groups is 4. The normalized spacial score (nSPS) is 27.1. The Balaban J connectivity index is 1.75. The van der Waals surface area contributed by atoms with Crippen molar-refractivity contribution in [3.63, 3.8) is 0 Å².